The lowest BCUT2D eigenvalue weighted by Gasteiger charge is -2.52. The molecule has 1 saturated carbocycles. The molecule has 1 spiro atoms. The minimum absolute atomic E-state index is 0.263. The van der Waals surface area contributed by atoms with Gasteiger partial charge in [-0.25, -0.2) is 4.79 Å². The quantitative estimate of drug-likeness (QED) is 0.867. The molecule has 1 aromatic rings. The van der Waals surface area contributed by atoms with Crippen LogP contribution in [0.5, 0.6) is 0 Å². The van der Waals surface area contributed by atoms with Crippen molar-refractivity contribution in [1.29, 1.82) is 0 Å². The van der Waals surface area contributed by atoms with Crippen LogP contribution < -0.4 is 0 Å². The Kier molecular flexibility index (Phi) is 2.84. The minimum Gasteiger partial charge on any atom is -0.465 e. The summed E-state index contributed by atoms with van der Waals surface area (Å²) in [7, 11) is 0. The molecule has 2 fully saturated rings. The first kappa shape index (κ1) is 12.0. The fourth-order valence-corrected chi connectivity index (χ4v) is 3.51. The Hall–Kier alpha value is -1.04. The molecule has 5 nitrogen and oxygen atoms in total. The first-order valence-corrected chi connectivity index (χ1v) is 7.05. The summed E-state index contributed by atoms with van der Waals surface area (Å²) in [6.45, 7) is 1.44. The molecule has 0 atom stereocenters. The van der Waals surface area contributed by atoms with E-state index in [9.17, 15) is 4.79 Å². The van der Waals surface area contributed by atoms with E-state index in [4.69, 9.17) is 5.11 Å². The first-order chi connectivity index (χ1) is 8.58. The topological polar surface area (TPSA) is 58.4 Å². The summed E-state index contributed by atoms with van der Waals surface area (Å²) in [5.41, 5.74) is 0.263. The summed E-state index contributed by atoms with van der Waals surface area (Å²) >= 11 is 3.41. The van der Waals surface area contributed by atoms with Crippen LogP contribution in [0, 0.1) is 5.41 Å². The molecule has 1 aromatic heterocycles. The Morgan fingerprint density at radius 1 is 1.44 bits per heavy atom. The van der Waals surface area contributed by atoms with Crippen molar-refractivity contribution in [2.45, 2.75) is 31.7 Å². The van der Waals surface area contributed by atoms with Crippen LogP contribution in [0.2, 0.25) is 0 Å². The summed E-state index contributed by atoms with van der Waals surface area (Å²) in [6, 6.07) is 0.473. The van der Waals surface area contributed by atoms with Gasteiger partial charge in [-0.2, -0.15) is 5.10 Å². The standard InChI is InChI=1S/C12H16BrN3O2/c13-9-5-14-16(6-9)10-1-3-12(4-2-10)7-15(8-12)11(17)18/h5-6,10H,1-4,7-8H2,(H,17,18). The number of likely N-dealkylation sites (tertiary alicyclic amines) is 1. The second-order valence-corrected chi connectivity index (χ2v) is 6.42. The Bertz CT molecular complexity index is 458. The Morgan fingerprint density at radius 3 is 2.61 bits per heavy atom. The number of amides is 1. The predicted molar refractivity (Wildman–Crippen MR) is 69.5 cm³/mol. The molecule has 2 aliphatic rings. The lowest BCUT2D eigenvalue weighted by Crippen LogP contribution is -2.59. The van der Waals surface area contributed by atoms with Crippen molar-refractivity contribution in [2.75, 3.05) is 13.1 Å². The molecule has 6 heteroatoms. The second kappa shape index (κ2) is 4.26. The van der Waals surface area contributed by atoms with E-state index in [1.165, 1.54) is 4.90 Å². The number of halogens is 1. The van der Waals surface area contributed by atoms with E-state index in [0.29, 0.717) is 6.04 Å². The maximum absolute atomic E-state index is 10.8. The maximum atomic E-state index is 10.8. The van der Waals surface area contributed by atoms with Gasteiger partial charge in [-0.05, 0) is 41.6 Å². The van der Waals surface area contributed by atoms with Crippen LogP contribution in [0.25, 0.3) is 0 Å². The Labute approximate surface area is 114 Å². The second-order valence-electron chi connectivity index (χ2n) is 5.51. The van der Waals surface area contributed by atoms with Crippen LogP contribution in [-0.2, 0) is 0 Å². The zero-order chi connectivity index (χ0) is 12.8. The maximum Gasteiger partial charge on any atom is 0.407 e. The van der Waals surface area contributed by atoms with Gasteiger partial charge in [-0.3, -0.25) is 4.68 Å². The smallest absolute Gasteiger partial charge is 0.407 e. The number of hydrogen-bond acceptors (Lipinski definition) is 2. The largest absolute Gasteiger partial charge is 0.465 e. The van der Waals surface area contributed by atoms with Gasteiger partial charge in [0.2, 0.25) is 0 Å². The fourth-order valence-electron chi connectivity index (χ4n) is 3.21. The normalized spacial score (nSPS) is 23.1. The van der Waals surface area contributed by atoms with Crippen LogP contribution in [0.3, 0.4) is 0 Å². The zero-order valence-electron chi connectivity index (χ0n) is 10.0. The Balaban J connectivity index is 1.58. The highest BCUT2D eigenvalue weighted by molar-refractivity contribution is 9.10. The van der Waals surface area contributed by atoms with Gasteiger partial charge in [-0.1, -0.05) is 0 Å². The van der Waals surface area contributed by atoms with Crippen LogP contribution in [-0.4, -0.2) is 39.0 Å². The van der Waals surface area contributed by atoms with Crippen molar-refractivity contribution >= 4 is 22.0 Å². The minimum atomic E-state index is -0.779. The number of aromatic nitrogens is 2. The summed E-state index contributed by atoms with van der Waals surface area (Å²) in [6.07, 6.45) is 7.48. The average molecular weight is 314 g/mol. The van der Waals surface area contributed by atoms with Gasteiger partial charge in [0.15, 0.2) is 0 Å². The van der Waals surface area contributed by atoms with E-state index in [2.05, 4.69) is 21.0 Å². The molecule has 0 unspecified atom stereocenters. The van der Waals surface area contributed by atoms with Crippen molar-refractivity contribution in [3.63, 3.8) is 0 Å². The molecule has 18 heavy (non-hydrogen) atoms. The monoisotopic (exact) mass is 313 g/mol. The number of carbonyl (C=O) groups is 1. The third-order valence-electron chi connectivity index (χ3n) is 4.28. The van der Waals surface area contributed by atoms with Crippen LogP contribution in [0.4, 0.5) is 4.79 Å². The summed E-state index contributed by atoms with van der Waals surface area (Å²) in [4.78, 5) is 12.3. The first-order valence-electron chi connectivity index (χ1n) is 6.26. The van der Waals surface area contributed by atoms with Crippen molar-refractivity contribution in [3.8, 4) is 0 Å². The summed E-state index contributed by atoms with van der Waals surface area (Å²) < 4.78 is 3.05. The predicted octanol–water partition coefficient (Wildman–Crippen LogP) is 2.74. The highest BCUT2D eigenvalue weighted by atomic mass is 79.9. The fraction of sp³-hybridized carbons (Fsp3) is 0.667. The number of hydrogen-bond donors (Lipinski definition) is 1. The van der Waals surface area contributed by atoms with Crippen LogP contribution in [0.1, 0.15) is 31.7 Å². The van der Waals surface area contributed by atoms with E-state index >= 15 is 0 Å². The van der Waals surface area contributed by atoms with Gasteiger partial charge in [0.25, 0.3) is 0 Å². The molecule has 1 N–H and O–H groups in total. The molecule has 1 aliphatic carbocycles. The molecule has 3 rings (SSSR count). The molecule has 1 amide bonds. The Morgan fingerprint density at radius 2 is 2.11 bits per heavy atom. The van der Waals surface area contributed by atoms with E-state index in [-0.39, 0.29) is 5.41 Å². The third kappa shape index (κ3) is 2.02. The van der Waals surface area contributed by atoms with E-state index in [1.54, 1.807) is 0 Å². The van der Waals surface area contributed by atoms with Gasteiger partial charge >= 0.3 is 6.09 Å². The summed E-state index contributed by atoms with van der Waals surface area (Å²) in [5.74, 6) is 0. The lowest BCUT2D eigenvalue weighted by molar-refractivity contribution is -0.0245. The number of nitrogens with zero attached hydrogens (tertiary/aromatic N) is 3. The van der Waals surface area contributed by atoms with Crippen molar-refractivity contribution in [3.05, 3.63) is 16.9 Å². The SMILES string of the molecule is O=C(O)N1CC2(CCC(n3cc(Br)cn3)CC2)C1. The molecule has 1 saturated heterocycles. The molecule has 2 heterocycles. The third-order valence-corrected chi connectivity index (χ3v) is 4.69. The van der Waals surface area contributed by atoms with Gasteiger partial charge in [0.1, 0.15) is 0 Å². The zero-order valence-corrected chi connectivity index (χ0v) is 11.6. The number of rotatable bonds is 1. The van der Waals surface area contributed by atoms with Crippen LogP contribution >= 0.6 is 15.9 Å². The highest BCUT2D eigenvalue weighted by Crippen LogP contribution is 2.46. The average Bonchev–Trinajstić information content (AvgIpc) is 2.72. The van der Waals surface area contributed by atoms with E-state index in [0.717, 1.165) is 43.2 Å². The van der Waals surface area contributed by atoms with Gasteiger partial charge in [0, 0.05) is 24.7 Å². The highest BCUT2D eigenvalue weighted by Gasteiger charge is 2.47. The van der Waals surface area contributed by atoms with E-state index < -0.39 is 6.09 Å². The molecular formula is C12H16BrN3O2. The molecular weight excluding hydrogens is 298 g/mol. The summed E-state index contributed by atoms with van der Waals surface area (Å²) in [5, 5.41) is 13.2. The van der Waals surface area contributed by atoms with Gasteiger partial charge < -0.3 is 10.0 Å². The molecule has 1 aliphatic heterocycles. The van der Waals surface area contributed by atoms with Crippen molar-refractivity contribution in [1.82, 2.24) is 14.7 Å². The van der Waals surface area contributed by atoms with E-state index in [1.807, 2.05) is 17.1 Å². The van der Waals surface area contributed by atoms with Gasteiger partial charge in [0.05, 0.1) is 16.7 Å². The molecule has 0 aromatic carbocycles. The molecule has 0 bridgehead atoms. The number of carboxylic acid groups (broad SMARTS) is 1. The van der Waals surface area contributed by atoms with Crippen molar-refractivity contribution in [2.24, 2.45) is 5.41 Å². The van der Waals surface area contributed by atoms with Crippen molar-refractivity contribution < 1.29 is 9.90 Å². The molecule has 0 radical (unpaired) electrons. The van der Waals surface area contributed by atoms with Gasteiger partial charge in [-0.15, -0.1) is 0 Å². The lowest BCUT2D eigenvalue weighted by atomic mass is 9.67. The molecule has 98 valence electrons. The van der Waals surface area contributed by atoms with Crippen LogP contribution in [0.15, 0.2) is 16.9 Å².